The van der Waals surface area contributed by atoms with Crippen LogP contribution in [-0.4, -0.2) is 37.6 Å². The van der Waals surface area contributed by atoms with Gasteiger partial charge in [-0.05, 0) is 37.6 Å². The van der Waals surface area contributed by atoms with Gasteiger partial charge in [-0.2, -0.15) is 5.10 Å². The van der Waals surface area contributed by atoms with Gasteiger partial charge in [0.15, 0.2) is 5.82 Å². The SMILES string of the molecule is CCC(C)NC(=O)c1ccccc1NC(=O)c1ccnc(-n2cncn2)c1. The third-order valence-electron chi connectivity index (χ3n) is 4.07. The minimum absolute atomic E-state index is 0.0479. The summed E-state index contributed by atoms with van der Waals surface area (Å²) in [7, 11) is 0. The Labute approximate surface area is 156 Å². The lowest BCUT2D eigenvalue weighted by Gasteiger charge is -2.14. The Kier molecular flexibility index (Phi) is 5.55. The molecule has 0 aliphatic carbocycles. The van der Waals surface area contributed by atoms with Gasteiger partial charge in [-0.25, -0.2) is 14.6 Å². The van der Waals surface area contributed by atoms with E-state index in [1.165, 1.54) is 23.5 Å². The van der Waals surface area contributed by atoms with Crippen LogP contribution in [0.1, 0.15) is 41.0 Å². The summed E-state index contributed by atoms with van der Waals surface area (Å²) in [5, 5.41) is 9.71. The maximum absolute atomic E-state index is 12.7. The molecule has 2 heterocycles. The number of hydrogen-bond acceptors (Lipinski definition) is 5. The number of rotatable bonds is 6. The topological polar surface area (TPSA) is 102 Å². The predicted octanol–water partition coefficient (Wildman–Crippen LogP) is 2.44. The van der Waals surface area contributed by atoms with E-state index in [1.807, 2.05) is 13.8 Å². The van der Waals surface area contributed by atoms with Gasteiger partial charge in [0.1, 0.15) is 12.7 Å². The van der Waals surface area contributed by atoms with Crippen molar-refractivity contribution in [2.24, 2.45) is 0 Å². The molecular weight excluding hydrogens is 344 g/mol. The molecular formula is C19H20N6O2. The fourth-order valence-corrected chi connectivity index (χ4v) is 2.40. The van der Waals surface area contributed by atoms with Crippen LogP contribution in [0.25, 0.3) is 5.82 Å². The number of aromatic nitrogens is 4. The highest BCUT2D eigenvalue weighted by Crippen LogP contribution is 2.17. The van der Waals surface area contributed by atoms with E-state index >= 15 is 0 Å². The molecule has 3 aromatic rings. The molecule has 1 atom stereocenters. The number of nitrogens with zero attached hydrogens (tertiary/aromatic N) is 4. The first kappa shape index (κ1) is 18.2. The molecule has 8 heteroatoms. The van der Waals surface area contributed by atoms with Gasteiger partial charge in [0.25, 0.3) is 11.8 Å². The monoisotopic (exact) mass is 364 g/mol. The first-order chi connectivity index (χ1) is 13.1. The Morgan fingerprint density at radius 1 is 1.19 bits per heavy atom. The fourth-order valence-electron chi connectivity index (χ4n) is 2.40. The molecule has 1 aromatic carbocycles. The number of hydrogen-bond donors (Lipinski definition) is 2. The standard InChI is InChI=1S/C19H20N6O2/c1-3-13(2)23-19(27)15-6-4-5-7-16(15)24-18(26)14-8-9-21-17(10-14)25-12-20-11-22-25/h4-13H,3H2,1-2H3,(H,23,27)(H,24,26). The van der Waals surface area contributed by atoms with Crippen molar-refractivity contribution in [1.29, 1.82) is 0 Å². The summed E-state index contributed by atoms with van der Waals surface area (Å²) in [6, 6.07) is 10.2. The van der Waals surface area contributed by atoms with Gasteiger partial charge < -0.3 is 10.6 Å². The van der Waals surface area contributed by atoms with E-state index in [0.29, 0.717) is 22.6 Å². The number of carbonyl (C=O) groups excluding carboxylic acids is 2. The second kappa shape index (κ2) is 8.22. The van der Waals surface area contributed by atoms with Crippen LogP contribution in [0.4, 0.5) is 5.69 Å². The normalized spacial score (nSPS) is 11.6. The first-order valence-corrected chi connectivity index (χ1v) is 8.60. The molecule has 0 fully saturated rings. The lowest BCUT2D eigenvalue weighted by atomic mass is 10.1. The number of anilines is 1. The molecule has 0 saturated heterocycles. The van der Waals surface area contributed by atoms with Crippen LogP contribution in [0.15, 0.2) is 55.2 Å². The van der Waals surface area contributed by atoms with E-state index in [9.17, 15) is 9.59 Å². The van der Waals surface area contributed by atoms with Gasteiger partial charge in [0, 0.05) is 17.8 Å². The molecule has 8 nitrogen and oxygen atoms in total. The maximum atomic E-state index is 12.7. The zero-order valence-electron chi connectivity index (χ0n) is 15.1. The molecule has 2 aromatic heterocycles. The molecule has 3 rings (SSSR count). The Balaban J connectivity index is 1.81. The molecule has 1 unspecified atom stereocenters. The number of nitrogens with one attached hydrogen (secondary N) is 2. The summed E-state index contributed by atoms with van der Waals surface area (Å²) in [6.45, 7) is 3.93. The second-order valence-corrected chi connectivity index (χ2v) is 6.03. The molecule has 138 valence electrons. The van der Waals surface area contributed by atoms with Crippen molar-refractivity contribution < 1.29 is 9.59 Å². The zero-order chi connectivity index (χ0) is 19.2. The summed E-state index contributed by atoms with van der Waals surface area (Å²) in [5.41, 5.74) is 1.26. The van der Waals surface area contributed by atoms with Crippen LogP contribution < -0.4 is 10.6 Å². The highest BCUT2D eigenvalue weighted by Gasteiger charge is 2.16. The van der Waals surface area contributed by atoms with Gasteiger partial charge >= 0.3 is 0 Å². The Morgan fingerprint density at radius 3 is 2.74 bits per heavy atom. The summed E-state index contributed by atoms with van der Waals surface area (Å²) in [6.07, 6.45) is 5.23. The van der Waals surface area contributed by atoms with Crippen molar-refractivity contribution in [3.8, 4) is 5.82 Å². The Bertz CT molecular complexity index is 939. The molecule has 0 aliphatic heterocycles. The van der Waals surface area contributed by atoms with Crippen molar-refractivity contribution in [1.82, 2.24) is 25.1 Å². The van der Waals surface area contributed by atoms with Gasteiger partial charge in [0.2, 0.25) is 0 Å². The van der Waals surface area contributed by atoms with E-state index in [1.54, 1.807) is 36.4 Å². The second-order valence-electron chi connectivity index (χ2n) is 6.03. The predicted molar refractivity (Wildman–Crippen MR) is 101 cm³/mol. The smallest absolute Gasteiger partial charge is 0.255 e. The van der Waals surface area contributed by atoms with Crippen LogP contribution in [-0.2, 0) is 0 Å². The molecule has 2 amide bonds. The molecule has 0 spiro atoms. The molecule has 2 N–H and O–H groups in total. The largest absolute Gasteiger partial charge is 0.350 e. The maximum Gasteiger partial charge on any atom is 0.255 e. The number of amides is 2. The van der Waals surface area contributed by atoms with Crippen molar-refractivity contribution in [2.75, 3.05) is 5.32 Å². The highest BCUT2D eigenvalue weighted by molar-refractivity contribution is 6.09. The first-order valence-electron chi connectivity index (χ1n) is 8.60. The third kappa shape index (κ3) is 4.35. The van der Waals surface area contributed by atoms with Gasteiger partial charge in [-0.1, -0.05) is 19.1 Å². The van der Waals surface area contributed by atoms with Gasteiger partial charge in [0.05, 0.1) is 11.3 Å². The molecule has 0 saturated carbocycles. The average Bonchev–Trinajstić information content (AvgIpc) is 3.23. The van der Waals surface area contributed by atoms with E-state index in [4.69, 9.17) is 0 Å². The molecule has 0 bridgehead atoms. The zero-order valence-corrected chi connectivity index (χ0v) is 15.1. The lowest BCUT2D eigenvalue weighted by molar-refractivity contribution is 0.0940. The van der Waals surface area contributed by atoms with Crippen LogP contribution in [0.5, 0.6) is 0 Å². The summed E-state index contributed by atoms with van der Waals surface area (Å²) in [5.74, 6) is -0.0937. The average molecular weight is 364 g/mol. The third-order valence-corrected chi connectivity index (χ3v) is 4.07. The highest BCUT2D eigenvalue weighted by atomic mass is 16.2. The van der Waals surface area contributed by atoms with E-state index in [2.05, 4.69) is 25.7 Å². The van der Waals surface area contributed by atoms with Crippen molar-refractivity contribution in [2.45, 2.75) is 26.3 Å². The molecule has 0 aliphatic rings. The molecule has 27 heavy (non-hydrogen) atoms. The van der Waals surface area contributed by atoms with Crippen LogP contribution in [0.2, 0.25) is 0 Å². The van der Waals surface area contributed by atoms with E-state index in [0.717, 1.165) is 6.42 Å². The van der Waals surface area contributed by atoms with Gasteiger partial charge in [-0.3, -0.25) is 9.59 Å². The Morgan fingerprint density at radius 2 is 2.00 bits per heavy atom. The van der Waals surface area contributed by atoms with Crippen LogP contribution >= 0.6 is 0 Å². The Hall–Kier alpha value is -3.55. The number of carbonyl (C=O) groups is 2. The quantitative estimate of drug-likeness (QED) is 0.699. The van der Waals surface area contributed by atoms with Crippen LogP contribution in [0.3, 0.4) is 0 Å². The number of para-hydroxylation sites is 1. The van der Waals surface area contributed by atoms with Crippen molar-refractivity contribution in [3.05, 3.63) is 66.4 Å². The molecule has 0 radical (unpaired) electrons. The minimum atomic E-state index is -0.345. The van der Waals surface area contributed by atoms with E-state index in [-0.39, 0.29) is 17.9 Å². The summed E-state index contributed by atoms with van der Waals surface area (Å²) >= 11 is 0. The number of benzene rings is 1. The van der Waals surface area contributed by atoms with E-state index < -0.39 is 0 Å². The lowest BCUT2D eigenvalue weighted by Crippen LogP contribution is -2.32. The van der Waals surface area contributed by atoms with Crippen molar-refractivity contribution >= 4 is 17.5 Å². The summed E-state index contributed by atoms with van der Waals surface area (Å²) in [4.78, 5) is 33.2. The number of pyridine rings is 1. The fraction of sp³-hybridized carbons (Fsp3) is 0.211. The van der Waals surface area contributed by atoms with Crippen LogP contribution in [0, 0.1) is 0 Å². The van der Waals surface area contributed by atoms with Gasteiger partial charge in [-0.15, -0.1) is 0 Å². The summed E-state index contributed by atoms with van der Waals surface area (Å²) < 4.78 is 1.46. The van der Waals surface area contributed by atoms with Crippen molar-refractivity contribution in [3.63, 3.8) is 0 Å². The minimum Gasteiger partial charge on any atom is -0.350 e.